The van der Waals surface area contributed by atoms with Crippen molar-refractivity contribution in [3.63, 3.8) is 0 Å². The molecule has 0 bridgehead atoms. The van der Waals surface area contributed by atoms with Gasteiger partial charge in [0.05, 0.1) is 12.3 Å². The number of esters is 1. The molecule has 28 heavy (non-hydrogen) atoms. The highest BCUT2D eigenvalue weighted by Gasteiger charge is 2.21. The van der Waals surface area contributed by atoms with Crippen LogP contribution >= 0.6 is 0 Å². The van der Waals surface area contributed by atoms with Gasteiger partial charge in [0.25, 0.3) is 0 Å². The van der Waals surface area contributed by atoms with Crippen LogP contribution in [0.2, 0.25) is 0 Å². The molecule has 1 aromatic carbocycles. The van der Waals surface area contributed by atoms with E-state index in [-0.39, 0.29) is 11.4 Å². The normalized spacial score (nSPS) is 11.5. The Morgan fingerprint density at radius 3 is 2.36 bits per heavy atom. The molecule has 0 saturated heterocycles. The van der Waals surface area contributed by atoms with Crippen molar-refractivity contribution in [3.8, 4) is 5.75 Å². The molecular weight excluding hydrogens is 350 g/mol. The van der Waals surface area contributed by atoms with Crippen molar-refractivity contribution in [3.05, 3.63) is 23.3 Å². The van der Waals surface area contributed by atoms with Gasteiger partial charge in [-0.2, -0.15) is 0 Å². The number of phenolic OH excluding ortho intramolecular Hbond substituents is 1. The minimum absolute atomic E-state index is 0.137. The molecule has 0 atom stereocenters. The van der Waals surface area contributed by atoms with E-state index < -0.39 is 0 Å². The largest absolute Gasteiger partial charge is 0.505 e. The number of phenols is 1. The second-order valence-corrected chi connectivity index (χ2v) is 8.70. The Balaban J connectivity index is 2.57. The van der Waals surface area contributed by atoms with E-state index in [1.165, 1.54) is 25.7 Å². The first-order chi connectivity index (χ1) is 13.3. The number of anilines is 1. The van der Waals surface area contributed by atoms with Crippen molar-refractivity contribution in [2.24, 2.45) is 0 Å². The number of hydrogen-bond donors (Lipinski definition) is 2. The van der Waals surface area contributed by atoms with Crippen LogP contribution in [0.3, 0.4) is 0 Å². The molecule has 0 radical (unpaired) electrons. The number of hydrogen-bond acceptors (Lipinski definition) is 4. The van der Waals surface area contributed by atoms with E-state index >= 15 is 0 Å². The molecule has 4 heteroatoms. The maximum absolute atomic E-state index is 12.1. The van der Waals surface area contributed by atoms with E-state index in [1.54, 1.807) is 0 Å². The molecule has 1 rings (SSSR count). The lowest BCUT2D eigenvalue weighted by Gasteiger charge is -2.23. The number of carbonyl (C=O) groups is 1. The van der Waals surface area contributed by atoms with E-state index in [4.69, 9.17) is 4.74 Å². The van der Waals surface area contributed by atoms with E-state index in [0.29, 0.717) is 25.2 Å². The van der Waals surface area contributed by atoms with E-state index in [1.807, 2.05) is 12.1 Å². The number of aryl methyl sites for hydroxylation is 1. The molecule has 4 nitrogen and oxygen atoms in total. The number of ether oxygens (including phenoxy) is 1. The third-order valence-electron chi connectivity index (χ3n) is 4.92. The number of nitrogens with one attached hydrogen (secondary N) is 1. The van der Waals surface area contributed by atoms with Gasteiger partial charge in [-0.3, -0.25) is 4.79 Å². The summed E-state index contributed by atoms with van der Waals surface area (Å²) < 4.78 is 5.38. The molecule has 0 aliphatic rings. The minimum Gasteiger partial charge on any atom is -0.505 e. The van der Waals surface area contributed by atoms with Crippen molar-refractivity contribution in [2.75, 3.05) is 18.5 Å². The summed E-state index contributed by atoms with van der Waals surface area (Å²) in [6.07, 6.45) is 9.10. The van der Waals surface area contributed by atoms with Gasteiger partial charge in [0.15, 0.2) is 0 Å². The van der Waals surface area contributed by atoms with Gasteiger partial charge in [0, 0.05) is 18.5 Å². The summed E-state index contributed by atoms with van der Waals surface area (Å²) in [6, 6.07) is 3.98. The van der Waals surface area contributed by atoms with Crippen LogP contribution in [0.15, 0.2) is 12.1 Å². The van der Waals surface area contributed by atoms with Gasteiger partial charge in [-0.1, -0.05) is 72.8 Å². The van der Waals surface area contributed by atoms with E-state index in [2.05, 4.69) is 39.9 Å². The third-order valence-corrected chi connectivity index (χ3v) is 4.92. The molecule has 0 aliphatic carbocycles. The van der Waals surface area contributed by atoms with Crippen LogP contribution in [0.25, 0.3) is 0 Å². The third kappa shape index (κ3) is 8.99. The van der Waals surface area contributed by atoms with Crippen LogP contribution < -0.4 is 5.32 Å². The highest BCUT2D eigenvalue weighted by atomic mass is 16.5. The highest BCUT2D eigenvalue weighted by Crippen LogP contribution is 2.37. The zero-order valence-corrected chi connectivity index (χ0v) is 18.7. The van der Waals surface area contributed by atoms with Gasteiger partial charge in [-0.05, 0) is 36.3 Å². The van der Waals surface area contributed by atoms with Gasteiger partial charge in [-0.25, -0.2) is 0 Å². The predicted octanol–water partition coefficient (Wildman–Crippen LogP) is 6.35. The minimum atomic E-state index is -0.166. The average molecular weight is 392 g/mol. The molecular formula is C24H41NO3. The molecule has 2 N–H and O–H groups in total. The Labute approximate surface area is 172 Å². The Bertz CT molecular complexity index is 590. The van der Waals surface area contributed by atoms with Gasteiger partial charge >= 0.3 is 5.97 Å². The first kappa shape index (κ1) is 24.3. The second kappa shape index (κ2) is 12.7. The molecule has 0 spiro atoms. The van der Waals surface area contributed by atoms with Crippen LogP contribution in [0.5, 0.6) is 5.75 Å². The first-order valence-corrected chi connectivity index (χ1v) is 11.1. The fraction of sp³-hybridized carbons (Fsp3) is 0.708. The van der Waals surface area contributed by atoms with E-state index in [0.717, 1.165) is 42.6 Å². The number of carbonyl (C=O) groups excluding carboxylic acids is 1. The Hall–Kier alpha value is -1.71. The molecule has 0 saturated carbocycles. The van der Waals surface area contributed by atoms with Crippen molar-refractivity contribution in [1.82, 2.24) is 0 Å². The summed E-state index contributed by atoms with van der Waals surface area (Å²) in [6.45, 7) is 11.9. The zero-order chi connectivity index (χ0) is 21.0. The first-order valence-electron chi connectivity index (χ1n) is 11.1. The van der Waals surface area contributed by atoms with Crippen molar-refractivity contribution >= 4 is 11.7 Å². The summed E-state index contributed by atoms with van der Waals surface area (Å²) in [5.74, 6) is 0.178. The lowest BCUT2D eigenvalue weighted by Crippen LogP contribution is -2.14. The summed E-state index contributed by atoms with van der Waals surface area (Å²) >= 11 is 0. The average Bonchev–Trinajstić information content (AvgIpc) is 2.64. The molecule has 0 amide bonds. The van der Waals surface area contributed by atoms with Crippen LogP contribution in [-0.2, 0) is 21.4 Å². The Morgan fingerprint density at radius 1 is 1.04 bits per heavy atom. The maximum atomic E-state index is 12.1. The standard InChI is InChI=1S/C24H41NO3/c1-6-8-9-10-11-12-16-28-22(26)14-13-19-17-20(24(3,4)5)23(27)21(18-19)25-15-7-2/h17-18,25,27H,6-16H2,1-5H3. The molecule has 160 valence electrons. The van der Waals surface area contributed by atoms with Crippen molar-refractivity contribution in [1.29, 1.82) is 0 Å². The SMILES string of the molecule is CCCCCCCCOC(=O)CCc1cc(NCCC)c(O)c(C(C)(C)C)c1. The molecule has 0 heterocycles. The van der Waals surface area contributed by atoms with Gasteiger partial charge in [0.2, 0.25) is 0 Å². The molecule has 0 fully saturated rings. The monoisotopic (exact) mass is 391 g/mol. The summed E-state index contributed by atoms with van der Waals surface area (Å²) in [7, 11) is 0. The number of benzene rings is 1. The van der Waals surface area contributed by atoms with Gasteiger partial charge < -0.3 is 15.2 Å². The lowest BCUT2D eigenvalue weighted by molar-refractivity contribution is -0.143. The topological polar surface area (TPSA) is 58.6 Å². The summed E-state index contributed by atoms with van der Waals surface area (Å²) in [4.78, 5) is 12.1. The maximum Gasteiger partial charge on any atom is 0.306 e. The second-order valence-electron chi connectivity index (χ2n) is 8.70. The van der Waals surface area contributed by atoms with Crippen LogP contribution in [0.4, 0.5) is 5.69 Å². The number of aromatic hydroxyl groups is 1. The fourth-order valence-corrected chi connectivity index (χ4v) is 3.19. The van der Waals surface area contributed by atoms with Gasteiger partial charge in [-0.15, -0.1) is 0 Å². The molecule has 1 aromatic rings. The number of rotatable bonds is 13. The lowest BCUT2D eigenvalue weighted by atomic mass is 9.84. The van der Waals surface area contributed by atoms with Crippen LogP contribution in [0.1, 0.15) is 97.1 Å². The number of unbranched alkanes of at least 4 members (excludes halogenated alkanes) is 5. The Kier molecular flexibility index (Phi) is 11.0. The van der Waals surface area contributed by atoms with Crippen LogP contribution in [0, 0.1) is 0 Å². The smallest absolute Gasteiger partial charge is 0.306 e. The summed E-state index contributed by atoms with van der Waals surface area (Å²) in [5, 5.41) is 13.9. The molecule has 0 aromatic heterocycles. The molecule has 0 aliphatic heterocycles. The fourth-order valence-electron chi connectivity index (χ4n) is 3.19. The zero-order valence-electron chi connectivity index (χ0n) is 18.7. The predicted molar refractivity (Wildman–Crippen MR) is 118 cm³/mol. The van der Waals surface area contributed by atoms with E-state index in [9.17, 15) is 9.90 Å². The molecule has 0 unspecified atom stereocenters. The quantitative estimate of drug-likeness (QED) is 0.234. The summed E-state index contributed by atoms with van der Waals surface area (Å²) in [5.41, 5.74) is 2.55. The Morgan fingerprint density at radius 2 is 1.71 bits per heavy atom. The van der Waals surface area contributed by atoms with Crippen molar-refractivity contribution < 1.29 is 14.6 Å². The van der Waals surface area contributed by atoms with Crippen molar-refractivity contribution in [2.45, 2.75) is 97.8 Å². The van der Waals surface area contributed by atoms with Crippen LogP contribution in [-0.4, -0.2) is 24.2 Å². The van der Waals surface area contributed by atoms with Gasteiger partial charge in [0.1, 0.15) is 5.75 Å². The highest BCUT2D eigenvalue weighted by molar-refractivity contribution is 5.70.